The zero-order chi connectivity index (χ0) is 20.3. The van der Waals surface area contributed by atoms with E-state index in [1.807, 2.05) is 47.4 Å². The smallest absolute Gasteiger partial charge is 0.250 e. The number of amides is 2. The highest BCUT2D eigenvalue weighted by Gasteiger charge is 2.15. The van der Waals surface area contributed by atoms with Gasteiger partial charge in [0.2, 0.25) is 11.8 Å². The Kier molecular flexibility index (Phi) is 8.07. The van der Waals surface area contributed by atoms with Gasteiger partial charge < -0.3 is 19.7 Å². The molecule has 0 bridgehead atoms. The lowest BCUT2D eigenvalue weighted by Gasteiger charge is -2.20. The number of carbonyl (C=O) groups excluding carboxylic acids is 2. The van der Waals surface area contributed by atoms with E-state index < -0.39 is 0 Å². The van der Waals surface area contributed by atoms with Crippen LogP contribution in [-0.4, -0.2) is 43.0 Å². The minimum absolute atomic E-state index is 0.0420. The third kappa shape index (κ3) is 7.23. The van der Waals surface area contributed by atoms with E-state index in [1.165, 1.54) is 12.8 Å². The van der Waals surface area contributed by atoms with Gasteiger partial charge in [-0.15, -0.1) is 0 Å². The Hall–Kier alpha value is -2.86. The summed E-state index contributed by atoms with van der Waals surface area (Å²) in [6, 6.07) is 17.1. The van der Waals surface area contributed by atoms with Crippen molar-refractivity contribution in [3.8, 4) is 5.75 Å². The molecule has 154 valence electrons. The van der Waals surface area contributed by atoms with Crippen molar-refractivity contribution in [1.29, 1.82) is 0 Å². The lowest BCUT2D eigenvalue weighted by molar-refractivity contribution is -0.137. The molecule has 1 saturated heterocycles. The molecule has 0 atom stereocenters. The number of ether oxygens (including phenoxy) is 2. The van der Waals surface area contributed by atoms with E-state index >= 15 is 0 Å². The quantitative estimate of drug-likeness (QED) is 0.740. The molecule has 29 heavy (non-hydrogen) atoms. The second-order valence-electron chi connectivity index (χ2n) is 7.13. The second-order valence-corrected chi connectivity index (χ2v) is 7.13. The minimum atomic E-state index is -0.286. The van der Waals surface area contributed by atoms with Gasteiger partial charge in [0.15, 0.2) is 0 Å². The summed E-state index contributed by atoms with van der Waals surface area (Å²) in [7, 11) is 0. The van der Waals surface area contributed by atoms with Gasteiger partial charge in [0.05, 0.1) is 0 Å². The molecule has 2 amide bonds. The van der Waals surface area contributed by atoms with Gasteiger partial charge in [-0.3, -0.25) is 9.59 Å². The van der Waals surface area contributed by atoms with Crippen molar-refractivity contribution in [2.24, 2.45) is 0 Å². The summed E-state index contributed by atoms with van der Waals surface area (Å²) >= 11 is 0. The van der Waals surface area contributed by atoms with Crippen LogP contribution in [0.3, 0.4) is 0 Å². The van der Waals surface area contributed by atoms with E-state index in [-0.39, 0.29) is 25.0 Å². The van der Waals surface area contributed by atoms with Gasteiger partial charge in [-0.2, -0.15) is 0 Å². The molecule has 2 aromatic rings. The summed E-state index contributed by atoms with van der Waals surface area (Å²) < 4.78 is 11.0. The summed E-state index contributed by atoms with van der Waals surface area (Å²) in [4.78, 5) is 26.0. The van der Waals surface area contributed by atoms with Crippen LogP contribution in [0.15, 0.2) is 54.6 Å². The average molecular weight is 396 g/mol. The largest absolute Gasteiger partial charge is 0.489 e. The summed E-state index contributed by atoms with van der Waals surface area (Å²) in [5, 5.41) is 2.76. The van der Waals surface area contributed by atoms with E-state index in [1.54, 1.807) is 12.1 Å². The topological polar surface area (TPSA) is 67.9 Å². The van der Waals surface area contributed by atoms with Gasteiger partial charge in [0.25, 0.3) is 0 Å². The number of hydrogen-bond donors (Lipinski definition) is 1. The van der Waals surface area contributed by atoms with Crippen molar-refractivity contribution < 1.29 is 19.1 Å². The molecule has 1 N–H and O–H groups in total. The van der Waals surface area contributed by atoms with Crippen LogP contribution < -0.4 is 10.1 Å². The van der Waals surface area contributed by atoms with E-state index in [2.05, 4.69) is 5.32 Å². The lowest BCUT2D eigenvalue weighted by atomic mass is 10.2. The van der Waals surface area contributed by atoms with E-state index in [4.69, 9.17) is 9.47 Å². The predicted molar refractivity (Wildman–Crippen MR) is 112 cm³/mol. The maximum atomic E-state index is 12.1. The monoisotopic (exact) mass is 396 g/mol. The Balaban J connectivity index is 1.36. The zero-order valence-electron chi connectivity index (χ0n) is 16.6. The molecule has 0 aliphatic carbocycles. The van der Waals surface area contributed by atoms with Crippen LogP contribution in [0.25, 0.3) is 0 Å². The highest BCUT2D eigenvalue weighted by molar-refractivity contribution is 5.91. The number of nitrogens with one attached hydrogen (secondary N) is 1. The highest BCUT2D eigenvalue weighted by atomic mass is 16.5. The molecule has 0 radical (unpaired) electrons. The molecule has 2 aromatic carbocycles. The van der Waals surface area contributed by atoms with E-state index in [9.17, 15) is 9.59 Å². The van der Waals surface area contributed by atoms with Crippen molar-refractivity contribution in [1.82, 2.24) is 4.90 Å². The SMILES string of the molecule is O=C(COCC(=O)N1CCCCCC1)Nc1ccc(OCc2ccccc2)cc1. The fraction of sp³-hybridized carbons (Fsp3) is 0.391. The maximum Gasteiger partial charge on any atom is 0.250 e. The average Bonchev–Trinajstić information content (AvgIpc) is 3.04. The normalized spacial score (nSPS) is 14.1. The fourth-order valence-electron chi connectivity index (χ4n) is 3.21. The van der Waals surface area contributed by atoms with Crippen LogP contribution in [0.5, 0.6) is 5.75 Å². The summed E-state index contributed by atoms with van der Waals surface area (Å²) in [5.74, 6) is 0.400. The Morgan fingerprint density at radius 2 is 1.55 bits per heavy atom. The summed E-state index contributed by atoms with van der Waals surface area (Å²) in [6.07, 6.45) is 4.42. The Morgan fingerprint density at radius 1 is 0.862 bits per heavy atom. The number of nitrogens with zero attached hydrogens (tertiary/aromatic N) is 1. The molecule has 6 heteroatoms. The van der Waals surface area contributed by atoms with Crippen LogP contribution in [0.2, 0.25) is 0 Å². The molecule has 3 rings (SSSR count). The standard InChI is InChI=1S/C23H28N2O4/c26-22(17-28-18-23(27)25-14-6-1-2-7-15-25)24-20-10-12-21(13-11-20)29-16-19-8-4-3-5-9-19/h3-5,8-13H,1-2,6-7,14-18H2,(H,24,26). The van der Waals surface area contributed by atoms with Gasteiger partial charge in [0, 0.05) is 18.8 Å². The number of benzene rings is 2. The first-order valence-corrected chi connectivity index (χ1v) is 10.1. The molecule has 1 aliphatic heterocycles. The van der Waals surface area contributed by atoms with Crippen molar-refractivity contribution in [3.05, 3.63) is 60.2 Å². The van der Waals surface area contributed by atoms with Crippen molar-refractivity contribution in [2.45, 2.75) is 32.3 Å². The van der Waals surface area contributed by atoms with E-state index in [0.29, 0.717) is 12.3 Å². The predicted octanol–water partition coefficient (Wildman–Crippen LogP) is 3.62. The molecule has 6 nitrogen and oxygen atoms in total. The Labute approximate surface area is 171 Å². The molecular weight excluding hydrogens is 368 g/mol. The van der Waals surface area contributed by atoms with Gasteiger partial charge in [-0.25, -0.2) is 0 Å². The summed E-state index contributed by atoms with van der Waals surface area (Å²) in [6.45, 7) is 1.86. The zero-order valence-corrected chi connectivity index (χ0v) is 16.6. The minimum Gasteiger partial charge on any atom is -0.489 e. The Bertz CT molecular complexity index is 769. The van der Waals surface area contributed by atoms with Gasteiger partial charge >= 0.3 is 0 Å². The number of rotatable bonds is 8. The van der Waals surface area contributed by atoms with Crippen LogP contribution in [-0.2, 0) is 20.9 Å². The molecule has 1 aliphatic rings. The van der Waals surface area contributed by atoms with Crippen LogP contribution >= 0.6 is 0 Å². The van der Waals surface area contributed by atoms with Crippen LogP contribution in [0, 0.1) is 0 Å². The molecular formula is C23H28N2O4. The molecule has 0 saturated carbocycles. The maximum absolute atomic E-state index is 12.1. The number of carbonyl (C=O) groups is 2. The number of hydrogen-bond acceptors (Lipinski definition) is 4. The van der Waals surface area contributed by atoms with Gasteiger partial charge in [-0.1, -0.05) is 43.2 Å². The molecule has 1 fully saturated rings. The molecule has 0 aromatic heterocycles. The number of anilines is 1. The van der Waals surface area contributed by atoms with Crippen LogP contribution in [0.4, 0.5) is 5.69 Å². The first-order valence-electron chi connectivity index (χ1n) is 10.1. The van der Waals surface area contributed by atoms with Crippen LogP contribution in [0.1, 0.15) is 31.2 Å². The van der Waals surface area contributed by atoms with Gasteiger partial charge in [-0.05, 0) is 42.7 Å². The highest BCUT2D eigenvalue weighted by Crippen LogP contribution is 2.17. The fourth-order valence-corrected chi connectivity index (χ4v) is 3.21. The molecule has 0 unspecified atom stereocenters. The van der Waals surface area contributed by atoms with Gasteiger partial charge in [0.1, 0.15) is 25.6 Å². The molecule has 0 spiro atoms. The van der Waals surface area contributed by atoms with Crippen molar-refractivity contribution in [2.75, 3.05) is 31.6 Å². The lowest BCUT2D eigenvalue weighted by Crippen LogP contribution is -2.35. The molecule has 1 heterocycles. The Morgan fingerprint density at radius 3 is 2.24 bits per heavy atom. The third-order valence-electron chi connectivity index (χ3n) is 4.80. The first kappa shape index (κ1) is 20.9. The second kappa shape index (κ2) is 11.2. The first-order chi connectivity index (χ1) is 14.2. The van der Waals surface area contributed by atoms with E-state index in [0.717, 1.165) is 37.2 Å². The van der Waals surface area contributed by atoms with Crippen molar-refractivity contribution >= 4 is 17.5 Å². The van der Waals surface area contributed by atoms with Crippen molar-refractivity contribution in [3.63, 3.8) is 0 Å². The number of likely N-dealkylation sites (tertiary alicyclic amines) is 1. The summed E-state index contributed by atoms with van der Waals surface area (Å²) in [5.41, 5.74) is 1.75. The third-order valence-corrected chi connectivity index (χ3v) is 4.80.